The lowest BCUT2D eigenvalue weighted by molar-refractivity contribution is -0.137. The van der Waals surface area contributed by atoms with Crippen molar-refractivity contribution in [2.75, 3.05) is 13.2 Å². The molecule has 0 saturated carbocycles. The van der Waals surface area contributed by atoms with Crippen LogP contribution in [0.5, 0.6) is 5.88 Å². The summed E-state index contributed by atoms with van der Waals surface area (Å²) in [7, 11) is 0. The topological polar surface area (TPSA) is 34.1 Å². The van der Waals surface area contributed by atoms with Gasteiger partial charge in [-0.3, -0.25) is 0 Å². The summed E-state index contributed by atoms with van der Waals surface area (Å²) in [5.74, 6) is -0.00891. The van der Waals surface area contributed by atoms with Crippen LogP contribution >= 0.6 is 0 Å². The molecule has 0 bridgehead atoms. The van der Waals surface area contributed by atoms with E-state index in [1.165, 1.54) is 0 Å². The average Bonchev–Trinajstić information content (AvgIpc) is 2.23. The maximum atomic E-state index is 12.4. The van der Waals surface area contributed by atoms with Crippen LogP contribution in [0.25, 0.3) is 0 Å². The largest absolute Gasteiger partial charge is 0.476 e. The molecule has 0 fully saturated rings. The summed E-state index contributed by atoms with van der Waals surface area (Å²) < 4.78 is 42.2. The van der Waals surface area contributed by atoms with Gasteiger partial charge in [0.05, 0.1) is 5.56 Å². The van der Waals surface area contributed by atoms with Crippen LogP contribution in [0.15, 0.2) is 18.3 Å². The standard InChI is InChI=1S/C11H15F3N2O/c1-8(2)15-5-6-17-10-7-9(3-4-16-10)11(12,13)14/h3-4,7-8,15H,5-6H2,1-2H3. The molecule has 1 rings (SSSR count). The Kier molecular flexibility index (Phi) is 4.74. The van der Waals surface area contributed by atoms with Gasteiger partial charge in [-0.1, -0.05) is 13.8 Å². The molecule has 96 valence electrons. The molecule has 0 spiro atoms. The van der Waals surface area contributed by atoms with Gasteiger partial charge in [-0.25, -0.2) is 4.98 Å². The summed E-state index contributed by atoms with van der Waals surface area (Å²) in [6, 6.07) is 2.13. The highest BCUT2D eigenvalue weighted by Crippen LogP contribution is 2.30. The first-order valence-corrected chi connectivity index (χ1v) is 5.29. The molecule has 0 aliphatic rings. The third-order valence-electron chi connectivity index (χ3n) is 1.97. The molecule has 0 radical (unpaired) electrons. The number of hydrogen-bond donors (Lipinski definition) is 1. The molecule has 0 saturated heterocycles. The monoisotopic (exact) mass is 248 g/mol. The highest BCUT2D eigenvalue weighted by atomic mass is 19.4. The predicted molar refractivity (Wildman–Crippen MR) is 57.9 cm³/mol. The van der Waals surface area contributed by atoms with E-state index >= 15 is 0 Å². The molecule has 17 heavy (non-hydrogen) atoms. The summed E-state index contributed by atoms with van der Waals surface area (Å²) in [6.45, 7) is 4.80. The van der Waals surface area contributed by atoms with Gasteiger partial charge in [-0.05, 0) is 6.07 Å². The van der Waals surface area contributed by atoms with E-state index in [0.717, 1.165) is 18.3 Å². The average molecular weight is 248 g/mol. The van der Waals surface area contributed by atoms with Gasteiger partial charge in [0.2, 0.25) is 5.88 Å². The Labute approximate surface area is 98.0 Å². The maximum Gasteiger partial charge on any atom is 0.416 e. The van der Waals surface area contributed by atoms with Crippen molar-refractivity contribution in [3.63, 3.8) is 0 Å². The van der Waals surface area contributed by atoms with Crippen LogP contribution in [0.3, 0.4) is 0 Å². The number of hydrogen-bond acceptors (Lipinski definition) is 3. The molecule has 1 N–H and O–H groups in total. The Morgan fingerprint density at radius 2 is 2.12 bits per heavy atom. The second kappa shape index (κ2) is 5.86. The van der Waals surface area contributed by atoms with E-state index < -0.39 is 11.7 Å². The van der Waals surface area contributed by atoms with Crippen molar-refractivity contribution in [3.8, 4) is 5.88 Å². The van der Waals surface area contributed by atoms with E-state index in [9.17, 15) is 13.2 Å². The Bertz CT molecular complexity index is 353. The van der Waals surface area contributed by atoms with E-state index in [2.05, 4.69) is 10.3 Å². The molecular weight excluding hydrogens is 233 g/mol. The van der Waals surface area contributed by atoms with Gasteiger partial charge in [0.1, 0.15) is 6.61 Å². The summed E-state index contributed by atoms with van der Waals surface area (Å²) in [6.07, 6.45) is -3.27. The number of rotatable bonds is 5. The van der Waals surface area contributed by atoms with Gasteiger partial charge < -0.3 is 10.1 Å². The molecular formula is C11H15F3N2O. The molecule has 0 unspecified atom stereocenters. The van der Waals surface area contributed by atoms with Crippen molar-refractivity contribution >= 4 is 0 Å². The predicted octanol–water partition coefficient (Wildman–Crippen LogP) is 2.48. The Morgan fingerprint density at radius 1 is 1.41 bits per heavy atom. The zero-order valence-electron chi connectivity index (χ0n) is 9.71. The number of aromatic nitrogens is 1. The van der Waals surface area contributed by atoms with Crippen LogP contribution in [-0.2, 0) is 6.18 Å². The molecule has 6 heteroatoms. The van der Waals surface area contributed by atoms with E-state index in [4.69, 9.17) is 4.74 Å². The molecule has 1 heterocycles. The van der Waals surface area contributed by atoms with E-state index in [0.29, 0.717) is 12.6 Å². The van der Waals surface area contributed by atoms with Crippen molar-refractivity contribution in [3.05, 3.63) is 23.9 Å². The molecule has 0 aliphatic heterocycles. The summed E-state index contributed by atoms with van der Waals surface area (Å²) in [5, 5.41) is 3.09. The molecule has 0 amide bonds. The summed E-state index contributed by atoms with van der Waals surface area (Å²) in [4.78, 5) is 3.72. The van der Waals surface area contributed by atoms with Gasteiger partial charge in [-0.2, -0.15) is 13.2 Å². The van der Waals surface area contributed by atoms with Crippen LogP contribution in [0, 0.1) is 0 Å². The number of nitrogens with one attached hydrogen (secondary N) is 1. The fourth-order valence-electron chi connectivity index (χ4n) is 1.17. The summed E-state index contributed by atoms with van der Waals surface area (Å²) in [5.41, 5.74) is -0.751. The zero-order valence-corrected chi connectivity index (χ0v) is 9.71. The Hall–Kier alpha value is -1.30. The van der Waals surface area contributed by atoms with Crippen LogP contribution in [-0.4, -0.2) is 24.2 Å². The Balaban J connectivity index is 2.49. The lowest BCUT2D eigenvalue weighted by Crippen LogP contribution is -2.27. The van der Waals surface area contributed by atoms with Gasteiger partial charge in [0.25, 0.3) is 0 Å². The lowest BCUT2D eigenvalue weighted by atomic mass is 10.2. The molecule has 1 aromatic heterocycles. The van der Waals surface area contributed by atoms with Crippen molar-refractivity contribution in [2.45, 2.75) is 26.1 Å². The SMILES string of the molecule is CC(C)NCCOc1cc(C(F)(F)F)ccn1. The Morgan fingerprint density at radius 3 is 2.71 bits per heavy atom. The van der Waals surface area contributed by atoms with Crippen molar-refractivity contribution in [1.82, 2.24) is 10.3 Å². The minimum absolute atomic E-state index is 0.00891. The second-order valence-corrected chi connectivity index (χ2v) is 3.84. The number of alkyl halides is 3. The second-order valence-electron chi connectivity index (χ2n) is 3.84. The number of halogens is 3. The van der Waals surface area contributed by atoms with Crippen LogP contribution in [0.4, 0.5) is 13.2 Å². The molecule has 1 aromatic rings. The minimum Gasteiger partial charge on any atom is -0.476 e. The van der Waals surface area contributed by atoms with E-state index in [-0.39, 0.29) is 12.5 Å². The highest BCUT2D eigenvalue weighted by molar-refractivity contribution is 5.22. The van der Waals surface area contributed by atoms with Crippen LogP contribution < -0.4 is 10.1 Å². The van der Waals surface area contributed by atoms with Crippen molar-refractivity contribution in [2.24, 2.45) is 0 Å². The highest BCUT2D eigenvalue weighted by Gasteiger charge is 2.30. The normalized spacial score (nSPS) is 11.9. The van der Waals surface area contributed by atoms with Gasteiger partial charge in [0, 0.05) is 24.8 Å². The molecule has 0 aliphatic carbocycles. The zero-order chi connectivity index (χ0) is 12.9. The number of pyridine rings is 1. The quantitative estimate of drug-likeness (QED) is 0.813. The molecule has 3 nitrogen and oxygen atoms in total. The number of ether oxygens (including phenoxy) is 1. The first-order valence-electron chi connectivity index (χ1n) is 5.29. The van der Waals surface area contributed by atoms with Crippen LogP contribution in [0.2, 0.25) is 0 Å². The summed E-state index contributed by atoms with van der Waals surface area (Å²) >= 11 is 0. The third-order valence-corrected chi connectivity index (χ3v) is 1.97. The fourth-order valence-corrected chi connectivity index (χ4v) is 1.17. The third kappa shape index (κ3) is 5.04. The van der Waals surface area contributed by atoms with Gasteiger partial charge in [0.15, 0.2) is 0 Å². The van der Waals surface area contributed by atoms with Gasteiger partial charge in [-0.15, -0.1) is 0 Å². The van der Waals surface area contributed by atoms with Crippen molar-refractivity contribution < 1.29 is 17.9 Å². The first kappa shape index (κ1) is 13.8. The fraction of sp³-hybridized carbons (Fsp3) is 0.545. The number of nitrogens with zero attached hydrogens (tertiary/aromatic N) is 1. The van der Waals surface area contributed by atoms with E-state index in [1.807, 2.05) is 13.8 Å². The minimum atomic E-state index is -4.36. The molecule has 0 aromatic carbocycles. The van der Waals surface area contributed by atoms with Crippen molar-refractivity contribution in [1.29, 1.82) is 0 Å². The lowest BCUT2D eigenvalue weighted by Gasteiger charge is -2.10. The van der Waals surface area contributed by atoms with E-state index in [1.54, 1.807) is 0 Å². The van der Waals surface area contributed by atoms with Crippen LogP contribution in [0.1, 0.15) is 19.4 Å². The maximum absolute atomic E-state index is 12.4. The first-order chi connectivity index (χ1) is 7.89. The van der Waals surface area contributed by atoms with Gasteiger partial charge >= 0.3 is 6.18 Å². The molecule has 0 atom stereocenters. The smallest absolute Gasteiger partial charge is 0.416 e.